The van der Waals surface area contributed by atoms with Crippen molar-refractivity contribution in [3.05, 3.63) is 39.4 Å². The zero-order chi connectivity index (χ0) is 11.6. The van der Waals surface area contributed by atoms with Crippen molar-refractivity contribution < 1.29 is 9.72 Å². The molecule has 0 bridgehead atoms. The molecule has 0 aliphatic heterocycles. The first-order valence-corrected chi connectivity index (χ1v) is 4.47. The van der Waals surface area contributed by atoms with Gasteiger partial charge in [0.1, 0.15) is 0 Å². The topological polar surface area (TPSA) is 86.2 Å². The maximum atomic E-state index is 11.0. The third kappa shape index (κ3) is 2.31. The van der Waals surface area contributed by atoms with Crippen molar-refractivity contribution in [3.63, 3.8) is 0 Å². The van der Waals surface area contributed by atoms with Crippen LogP contribution in [0.25, 0.3) is 0 Å². The van der Waals surface area contributed by atoms with E-state index in [0.29, 0.717) is 5.56 Å². The summed E-state index contributed by atoms with van der Waals surface area (Å²) in [6.07, 6.45) is 0. The van der Waals surface area contributed by atoms with E-state index < -0.39 is 16.7 Å². The molecule has 15 heavy (non-hydrogen) atoms. The molecule has 0 radical (unpaired) electrons. The van der Waals surface area contributed by atoms with E-state index in [-0.39, 0.29) is 5.69 Å². The molecule has 1 aromatic carbocycles. The average Bonchev–Trinajstić information content (AvgIpc) is 2.16. The largest absolute Gasteiger partial charge is 0.369 e. The van der Waals surface area contributed by atoms with Crippen LogP contribution in [-0.4, -0.2) is 10.8 Å². The molecule has 1 amide bonds. The number of non-ortho nitro benzene ring substituents is 1. The van der Waals surface area contributed by atoms with Gasteiger partial charge in [-0.2, -0.15) is 0 Å². The summed E-state index contributed by atoms with van der Waals surface area (Å²) in [7, 11) is 0. The van der Waals surface area contributed by atoms with Crippen LogP contribution in [0.1, 0.15) is 24.0 Å². The van der Waals surface area contributed by atoms with Crippen LogP contribution in [0, 0.1) is 17.0 Å². The minimum Gasteiger partial charge on any atom is -0.369 e. The number of carbonyl (C=O) groups is 1. The molecule has 80 valence electrons. The normalized spacial score (nSPS) is 12.1. The molecule has 0 heterocycles. The van der Waals surface area contributed by atoms with Crippen molar-refractivity contribution in [1.82, 2.24) is 0 Å². The summed E-state index contributed by atoms with van der Waals surface area (Å²) >= 11 is 0. The molecular weight excluding hydrogens is 196 g/mol. The Kier molecular flexibility index (Phi) is 3.04. The summed E-state index contributed by atoms with van der Waals surface area (Å²) in [5.74, 6) is -0.997. The minimum absolute atomic E-state index is 0.0244. The lowest BCUT2D eigenvalue weighted by Crippen LogP contribution is -2.19. The Balaban J connectivity index is 3.22. The third-order valence-electron chi connectivity index (χ3n) is 2.37. The highest BCUT2D eigenvalue weighted by Crippen LogP contribution is 2.24. The van der Waals surface area contributed by atoms with Crippen LogP contribution >= 0.6 is 0 Å². The third-order valence-corrected chi connectivity index (χ3v) is 2.37. The number of carbonyl (C=O) groups excluding carboxylic acids is 1. The zero-order valence-corrected chi connectivity index (χ0v) is 8.56. The monoisotopic (exact) mass is 208 g/mol. The van der Waals surface area contributed by atoms with Crippen molar-refractivity contribution >= 4 is 11.6 Å². The van der Waals surface area contributed by atoms with E-state index in [9.17, 15) is 14.9 Å². The van der Waals surface area contributed by atoms with E-state index >= 15 is 0 Å². The Labute approximate surface area is 87.0 Å². The van der Waals surface area contributed by atoms with Crippen LogP contribution in [0.5, 0.6) is 0 Å². The molecule has 2 N–H and O–H groups in total. The molecule has 1 unspecified atom stereocenters. The maximum Gasteiger partial charge on any atom is 0.269 e. The second kappa shape index (κ2) is 4.08. The molecule has 0 fully saturated rings. The van der Waals surface area contributed by atoms with Gasteiger partial charge in [0.05, 0.1) is 10.8 Å². The lowest BCUT2D eigenvalue weighted by molar-refractivity contribution is -0.384. The lowest BCUT2D eigenvalue weighted by atomic mass is 9.95. The van der Waals surface area contributed by atoms with Gasteiger partial charge in [0, 0.05) is 12.1 Å². The highest BCUT2D eigenvalue weighted by atomic mass is 16.6. The van der Waals surface area contributed by atoms with Crippen molar-refractivity contribution in [1.29, 1.82) is 0 Å². The van der Waals surface area contributed by atoms with Gasteiger partial charge in [-0.1, -0.05) is 6.07 Å². The van der Waals surface area contributed by atoms with Crippen LogP contribution in [0.2, 0.25) is 0 Å². The lowest BCUT2D eigenvalue weighted by Gasteiger charge is -2.10. The molecule has 0 saturated heterocycles. The molecule has 0 aromatic heterocycles. The number of nitrogens with two attached hydrogens (primary N) is 1. The first kappa shape index (κ1) is 11.2. The van der Waals surface area contributed by atoms with Gasteiger partial charge in [0.25, 0.3) is 5.69 Å². The Morgan fingerprint density at radius 1 is 1.53 bits per heavy atom. The summed E-state index contributed by atoms with van der Waals surface area (Å²) in [6.45, 7) is 3.42. The molecule has 1 aromatic rings. The first-order valence-electron chi connectivity index (χ1n) is 4.47. The molecule has 1 rings (SSSR count). The van der Waals surface area contributed by atoms with Crippen LogP contribution in [0.4, 0.5) is 5.69 Å². The number of nitrogens with zero attached hydrogens (tertiary/aromatic N) is 1. The van der Waals surface area contributed by atoms with Gasteiger partial charge in [0.2, 0.25) is 5.91 Å². The van der Waals surface area contributed by atoms with E-state index in [0.717, 1.165) is 5.56 Å². The highest BCUT2D eigenvalue weighted by molar-refractivity contribution is 5.82. The maximum absolute atomic E-state index is 11.0. The second-order valence-electron chi connectivity index (χ2n) is 3.42. The highest BCUT2D eigenvalue weighted by Gasteiger charge is 2.17. The van der Waals surface area contributed by atoms with Gasteiger partial charge >= 0.3 is 0 Å². The number of benzene rings is 1. The van der Waals surface area contributed by atoms with Gasteiger partial charge < -0.3 is 5.73 Å². The standard InChI is InChI=1S/C10H12N2O3/c1-6-3-4-8(12(14)15)5-9(6)7(2)10(11)13/h3-5,7H,1-2H3,(H2,11,13). The Morgan fingerprint density at radius 3 is 2.60 bits per heavy atom. The average molecular weight is 208 g/mol. The summed E-state index contributed by atoms with van der Waals surface area (Å²) in [4.78, 5) is 21.0. The molecule has 0 aliphatic rings. The SMILES string of the molecule is Cc1ccc([N+](=O)[O-])cc1C(C)C(N)=O. The predicted molar refractivity (Wildman–Crippen MR) is 55.4 cm³/mol. The van der Waals surface area contributed by atoms with Crippen LogP contribution < -0.4 is 5.73 Å². The van der Waals surface area contributed by atoms with Gasteiger partial charge in [-0.15, -0.1) is 0 Å². The molecule has 0 saturated carbocycles. The smallest absolute Gasteiger partial charge is 0.269 e. The van der Waals surface area contributed by atoms with Crippen LogP contribution in [-0.2, 0) is 4.79 Å². The number of rotatable bonds is 3. The van der Waals surface area contributed by atoms with Crippen LogP contribution in [0.3, 0.4) is 0 Å². The number of aryl methyl sites for hydroxylation is 1. The van der Waals surface area contributed by atoms with E-state index in [1.54, 1.807) is 19.9 Å². The Bertz CT molecular complexity index is 415. The Hall–Kier alpha value is -1.91. The molecule has 5 heteroatoms. The predicted octanol–water partition coefficient (Wildman–Crippen LogP) is 1.49. The van der Waals surface area contributed by atoms with Crippen molar-refractivity contribution in [2.45, 2.75) is 19.8 Å². The van der Waals surface area contributed by atoms with Gasteiger partial charge in [-0.05, 0) is 25.0 Å². The fraction of sp³-hybridized carbons (Fsp3) is 0.300. The molecule has 5 nitrogen and oxygen atoms in total. The fourth-order valence-electron chi connectivity index (χ4n) is 1.36. The number of nitro groups is 1. The van der Waals surface area contributed by atoms with Crippen molar-refractivity contribution in [2.24, 2.45) is 5.73 Å². The fourth-order valence-corrected chi connectivity index (χ4v) is 1.36. The van der Waals surface area contributed by atoms with E-state index in [1.165, 1.54) is 12.1 Å². The molecule has 1 atom stereocenters. The van der Waals surface area contributed by atoms with Gasteiger partial charge in [-0.3, -0.25) is 14.9 Å². The van der Waals surface area contributed by atoms with E-state index in [4.69, 9.17) is 5.73 Å². The second-order valence-corrected chi connectivity index (χ2v) is 3.42. The van der Waals surface area contributed by atoms with Crippen molar-refractivity contribution in [2.75, 3.05) is 0 Å². The number of hydrogen-bond donors (Lipinski definition) is 1. The Morgan fingerprint density at radius 2 is 2.13 bits per heavy atom. The summed E-state index contributed by atoms with van der Waals surface area (Å²) in [5.41, 5.74) is 6.56. The van der Waals surface area contributed by atoms with E-state index in [1.807, 2.05) is 0 Å². The number of amides is 1. The summed E-state index contributed by atoms with van der Waals surface area (Å²) in [5, 5.41) is 10.5. The zero-order valence-electron chi connectivity index (χ0n) is 8.56. The van der Waals surface area contributed by atoms with Crippen molar-refractivity contribution in [3.8, 4) is 0 Å². The molecule has 0 spiro atoms. The first-order chi connectivity index (χ1) is 6.93. The van der Waals surface area contributed by atoms with E-state index in [2.05, 4.69) is 0 Å². The van der Waals surface area contributed by atoms with Gasteiger partial charge in [-0.25, -0.2) is 0 Å². The van der Waals surface area contributed by atoms with Gasteiger partial charge in [0.15, 0.2) is 0 Å². The molecule has 0 aliphatic carbocycles. The number of hydrogen-bond acceptors (Lipinski definition) is 3. The number of nitro benzene ring substituents is 1. The minimum atomic E-state index is -0.509. The summed E-state index contributed by atoms with van der Waals surface area (Å²) in [6, 6.07) is 4.42. The van der Waals surface area contributed by atoms with Crippen LogP contribution in [0.15, 0.2) is 18.2 Å². The quantitative estimate of drug-likeness (QED) is 0.603. The summed E-state index contributed by atoms with van der Waals surface area (Å²) < 4.78 is 0. The molecular formula is C10H12N2O3. The number of primary amides is 1.